The van der Waals surface area contributed by atoms with E-state index in [0.717, 1.165) is 5.56 Å². The number of H-pyrrole nitrogens is 2. The third-order valence-electron chi connectivity index (χ3n) is 5.26. The highest BCUT2D eigenvalue weighted by Gasteiger charge is 2.28. The molecule has 0 bridgehead atoms. The molecule has 0 aliphatic rings. The van der Waals surface area contributed by atoms with Crippen molar-refractivity contribution in [3.8, 4) is 5.75 Å². The van der Waals surface area contributed by atoms with Gasteiger partial charge in [-0.15, -0.1) is 0 Å². The first-order valence-corrected chi connectivity index (χ1v) is 9.69. The average molecular weight is 419 g/mol. The van der Waals surface area contributed by atoms with Gasteiger partial charge in [0, 0.05) is 35.6 Å². The molecule has 0 aliphatic heterocycles. The van der Waals surface area contributed by atoms with Crippen molar-refractivity contribution in [1.82, 2.24) is 10.2 Å². The smallest absolute Gasteiger partial charge is 0.267 e. The van der Waals surface area contributed by atoms with Crippen LogP contribution in [-0.2, 0) is 11.2 Å². The Hall–Kier alpha value is -4.07. The Morgan fingerprint density at radius 1 is 1.13 bits per heavy atom. The summed E-state index contributed by atoms with van der Waals surface area (Å²) in [5.74, 6) is -1.01. The number of nitrogens with two attached hydrogens (primary N) is 1. The molecule has 2 aromatic heterocycles. The highest BCUT2D eigenvalue weighted by molar-refractivity contribution is 5.80. The molecule has 8 nitrogen and oxygen atoms in total. The molecule has 2 aromatic carbocycles. The van der Waals surface area contributed by atoms with E-state index in [1.807, 2.05) is 30.3 Å². The molecule has 8 heteroatoms. The molecule has 0 aliphatic carbocycles. The van der Waals surface area contributed by atoms with E-state index in [4.69, 9.17) is 14.9 Å². The summed E-state index contributed by atoms with van der Waals surface area (Å²) in [6.07, 6.45) is 1.49. The van der Waals surface area contributed by atoms with Crippen LogP contribution in [-0.4, -0.2) is 23.2 Å². The Labute approximate surface area is 176 Å². The molecule has 158 valence electrons. The Bertz CT molecular complexity index is 1350. The maximum Gasteiger partial charge on any atom is 0.267 e. The van der Waals surface area contributed by atoms with Crippen LogP contribution in [0, 0.1) is 0 Å². The largest absolute Gasteiger partial charge is 0.497 e. The molecule has 4 aromatic rings. The van der Waals surface area contributed by atoms with Crippen LogP contribution in [0.3, 0.4) is 0 Å². The fraction of sp³-hybridized carbons (Fsp3) is 0.174. The average Bonchev–Trinajstić information content (AvgIpc) is 3.12. The first-order valence-electron chi connectivity index (χ1n) is 9.69. The van der Waals surface area contributed by atoms with Crippen LogP contribution in [0.4, 0.5) is 0 Å². The topological polar surface area (TPSA) is 131 Å². The van der Waals surface area contributed by atoms with E-state index < -0.39 is 17.4 Å². The number of amides is 1. The van der Waals surface area contributed by atoms with Gasteiger partial charge in [0.25, 0.3) is 5.56 Å². The van der Waals surface area contributed by atoms with Crippen LogP contribution in [0.2, 0.25) is 0 Å². The van der Waals surface area contributed by atoms with Gasteiger partial charge in [0.1, 0.15) is 11.3 Å². The van der Waals surface area contributed by atoms with Crippen LogP contribution >= 0.6 is 0 Å². The van der Waals surface area contributed by atoms with E-state index in [9.17, 15) is 14.4 Å². The Morgan fingerprint density at radius 2 is 1.90 bits per heavy atom. The van der Waals surface area contributed by atoms with Crippen LogP contribution in [0.25, 0.3) is 11.0 Å². The first-order chi connectivity index (χ1) is 15.0. The second-order valence-electron chi connectivity index (χ2n) is 7.24. The van der Waals surface area contributed by atoms with Crippen molar-refractivity contribution < 1.29 is 13.9 Å². The van der Waals surface area contributed by atoms with Crippen LogP contribution in [0.1, 0.15) is 34.7 Å². The molecule has 0 spiro atoms. The van der Waals surface area contributed by atoms with Gasteiger partial charge >= 0.3 is 0 Å². The highest BCUT2D eigenvalue weighted by Crippen LogP contribution is 2.29. The molecule has 31 heavy (non-hydrogen) atoms. The zero-order chi connectivity index (χ0) is 22.0. The lowest BCUT2D eigenvalue weighted by Crippen LogP contribution is -2.25. The zero-order valence-electron chi connectivity index (χ0n) is 16.8. The quantitative estimate of drug-likeness (QED) is 0.423. The third kappa shape index (κ3) is 4.00. The molecule has 0 fully saturated rings. The molecule has 0 radical (unpaired) electrons. The van der Waals surface area contributed by atoms with Crippen molar-refractivity contribution in [2.45, 2.75) is 18.8 Å². The van der Waals surface area contributed by atoms with Crippen molar-refractivity contribution in [3.05, 3.63) is 97.8 Å². The van der Waals surface area contributed by atoms with Crippen molar-refractivity contribution in [3.63, 3.8) is 0 Å². The monoisotopic (exact) mass is 419 g/mol. The van der Waals surface area contributed by atoms with Crippen LogP contribution < -0.4 is 21.5 Å². The molecule has 2 heterocycles. The van der Waals surface area contributed by atoms with Gasteiger partial charge in [-0.05, 0) is 23.8 Å². The molecule has 0 saturated heterocycles. The van der Waals surface area contributed by atoms with Crippen molar-refractivity contribution >= 4 is 16.9 Å². The maximum atomic E-state index is 13.3. The lowest BCUT2D eigenvalue weighted by atomic mass is 9.87. The summed E-state index contributed by atoms with van der Waals surface area (Å²) in [6, 6.07) is 14.4. The van der Waals surface area contributed by atoms with Crippen LogP contribution in [0.15, 0.2) is 68.8 Å². The molecule has 1 amide bonds. The number of ether oxygens (including phenoxy) is 1. The number of benzene rings is 2. The Kier molecular flexibility index (Phi) is 5.44. The molecular formula is C23H21N3O5. The normalized spacial score (nSPS) is 12.0. The SMILES string of the molecule is COc1ccc2occ([C@H](CC(N)=O)c3c(Cc4ccccc4)[nH][nH]c3=O)c(=O)c2c1. The standard InChI is InChI=1S/C23H21N3O5/c1-30-14-7-8-19-16(10-14)22(28)17(12-31-19)15(11-20(24)27)21-18(25-26-23(21)29)9-13-5-3-2-4-6-13/h2-8,10,12,15H,9,11H2,1H3,(H2,24,27)(H2,25,26,29)/t15-/m0/s1. The van der Waals surface area contributed by atoms with E-state index in [0.29, 0.717) is 28.8 Å². The van der Waals surface area contributed by atoms with Gasteiger partial charge in [0.15, 0.2) is 5.43 Å². The van der Waals surface area contributed by atoms with E-state index in [-0.39, 0.29) is 23.0 Å². The van der Waals surface area contributed by atoms with Gasteiger partial charge < -0.3 is 20.0 Å². The number of aromatic nitrogens is 2. The summed E-state index contributed by atoms with van der Waals surface area (Å²) in [5, 5.41) is 5.74. The molecular weight excluding hydrogens is 398 g/mol. The van der Waals surface area contributed by atoms with E-state index >= 15 is 0 Å². The lowest BCUT2D eigenvalue weighted by Gasteiger charge is -2.15. The number of methoxy groups -OCH3 is 1. The maximum absolute atomic E-state index is 13.3. The van der Waals surface area contributed by atoms with E-state index in [1.54, 1.807) is 18.2 Å². The van der Waals surface area contributed by atoms with Gasteiger partial charge in [-0.1, -0.05) is 30.3 Å². The highest BCUT2D eigenvalue weighted by atomic mass is 16.5. The number of nitrogens with one attached hydrogen (secondary N) is 2. The zero-order valence-corrected chi connectivity index (χ0v) is 16.8. The van der Waals surface area contributed by atoms with E-state index in [2.05, 4.69) is 10.2 Å². The minimum absolute atomic E-state index is 0.180. The van der Waals surface area contributed by atoms with Gasteiger partial charge in [0.05, 0.1) is 18.8 Å². The van der Waals surface area contributed by atoms with Gasteiger partial charge in [0.2, 0.25) is 5.91 Å². The summed E-state index contributed by atoms with van der Waals surface area (Å²) in [5.41, 5.74) is 7.10. The molecule has 0 saturated carbocycles. The predicted molar refractivity (Wildman–Crippen MR) is 115 cm³/mol. The minimum atomic E-state index is -0.863. The van der Waals surface area contributed by atoms with Gasteiger partial charge in [-0.2, -0.15) is 0 Å². The summed E-state index contributed by atoms with van der Waals surface area (Å²) >= 11 is 0. The number of rotatable bonds is 7. The van der Waals surface area contributed by atoms with Gasteiger partial charge in [-0.25, -0.2) is 0 Å². The summed E-state index contributed by atoms with van der Waals surface area (Å²) < 4.78 is 10.9. The lowest BCUT2D eigenvalue weighted by molar-refractivity contribution is -0.118. The first kappa shape index (κ1) is 20.2. The molecule has 4 N–H and O–H groups in total. The number of hydrogen-bond acceptors (Lipinski definition) is 5. The predicted octanol–water partition coefficient (Wildman–Crippen LogP) is 2.42. The number of fused-ring (bicyclic) bond motifs is 1. The number of carbonyl (C=O) groups is 1. The van der Waals surface area contributed by atoms with E-state index in [1.165, 1.54) is 13.4 Å². The van der Waals surface area contributed by atoms with Crippen molar-refractivity contribution in [2.75, 3.05) is 7.11 Å². The third-order valence-corrected chi connectivity index (χ3v) is 5.26. The summed E-state index contributed by atoms with van der Waals surface area (Å²) in [4.78, 5) is 37.9. The van der Waals surface area contributed by atoms with Crippen molar-refractivity contribution in [2.24, 2.45) is 5.73 Å². The molecule has 1 atom stereocenters. The van der Waals surface area contributed by atoms with Crippen LogP contribution in [0.5, 0.6) is 5.75 Å². The summed E-state index contributed by atoms with van der Waals surface area (Å²) in [6.45, 7) is 0. The minimum Gasteiger partial charge on any atom is -0.497 e. The van der Waals surface area contributed by atoms with Crippen molar-refractivity contribution in [1.29, 1.82) is 0 Å². The molecule has 0 unspecified atom stereocenters. The van der Waals surface area contributed by atoms with Gasteiger partial charge in [-0.3, -0.25) is 19.5 Å². The summed E-state index contributed by atoms with van der Waals surface area (Å²) in [7, 11) is 1.50. The Morgan fingerprint density at radius 3 is 2.61 bits per heavy atom. The second kappa shape index (κ2) is 8.35. The fourth-order valence-electron chi connectivity index (χ4n) is 3.77. The number of primary amides is 1. The Balaban J connectivity index is 1.87. The number of aromatic amines is 2. The molecule has 4 rings (SSSR count). The fourth-order valence-corrected chi connectivity index (χ4v) is 3.77. The number of carbonyl (C=O) groups excluding carboxylic acids is 1. The second-order valence-corrected chi connectivity index (χ2v) is 7.24. The number of hydrogen-bond donors (Lipinski definition) is 3.